The lowest BCUT2D eigenvalue weighted by molar-refractivity contribution is 0.111. The quantitative estimate of drug-likeness (QED) is 0.449. The van der Waals surface area contributed by atoms with Gasteiger partial charge in [-0.2, -0.15) is 0 Å². The van der Waals surface area contributed by atoms with Crippen molar-refractivity contribution in [1.29, 1.82) is 0 Å². The highest BCUT2D eigenvalue weighted by atomic mass is 35.5. The molecule has 1 atom stereocenters. The SMILES string of the molecule is C[C@@]1(Oc2cc(NS(=O)(=O)c3cc(Cl)c(-c4ccc(F)cc4)s3)ccc2Cl)CCNC1. The number of hydrogen-bond donors (Lipinski definition) is 2. The molecule has 2 aromatic carbocycles. The predicted octanol–water partition coefficient (Wildman–Crippen LogP) is 5.79. The van der Waals surface area contributed by atoms with Gasteiger partial charge in [0, 0.05) is 19.0 Å². The summed E-state index contributed by atoms with van der Waals surface area (Å²) in [5.41, 5.74) is 0.548. The molecule has 164 valence electrons. The van der Waals surface area contributed by atoms with Gasteiger partial charge in [-0.05, 0) is 49.4 Å². The first-order chi connectivity index (χ1) is 14.7. The molecule has 31 heavy (non-hydrogen) atoms. The molecule has 0 saturated carbocycles. The van der Waals surface area contributed by atoms with Crippen LogP contribution in [0.5, 0.6) is 5.75 Å². The van der Waals surface area contributed by atoms with Crippen LogP contribution >= 0.6 is 34.5 Å². The van der Waals surface area contributed by atoms with Crippen LogP contribution in [0.3, 0.4) is 0 Å². The fourth-order valence-corrected chi connectivity index (χ4v) is 6.31. The molecular formula is C21H19Cl2FN2O3S2. The highest BCUT2D eigenvalue weighted by Crippen LogP contribution is 2.39. The molecule has 1 aliphatic rings. The van der Waals surface area contributed by atoms with Gasteiger partial charge < -0.3 is 10.1 Å². The zero-order valence-electron chi connectivity index (χ0n) is 16.4. The van der Waals surface area contributed by atoms with E-state index in [9.17, 15) is 12.8 Å². The molecule has 0 radical (unpaired) electrons. The van der Waals surface area contributed by atoms with E-state index in [0.717, 1.165) is 24.3 Å². The van der Waals surface area contributed by atoms with Crippen LogP contribution < -0.4 is 14.8 Å². The van der Waals surface area contributed by atoms with Crippen molar-refractivity contribution in [3.05, 3.63) is 64.4 Å². The maximum Gasteiger partial charge on any atom is 0.271 e. The summed E-state index contributed by atoms with van der Waals surface area (Å²) in [6.07, 6.45) is 0.819. The van der Waals surface area contributed by atoms with E-state index in [0.29, 0.717) is 33.4 Å². The molecule has 0 bridgehead atoms. The number of halogens is 3. The monoisotopic (exact) mass is 500 g/mol. The summed E-state index contributed by atoms with van der Waals surface area (Å²) in [6, 6.07) is 11.8. The lowest BCUT2D eigenvalue weighted by Gasteiger charge is -2.25. The van der Waals surface area contributed by atoms with E-state index in [1.165, 1.54) is 18.2 Å². The molecule has 5 nitrogen and oxygen atoms in total. The van der Waals surface area contributed by atoms with Gasteiger partial charge in [0.15, 0.2) is 0 Å². The van der Waals surface area contributed by atoms with Gasteiger partial charge in [0.25, 0.3) is 10.0 Å². The Bertz CT molecular complexity index is 1210. The summed E-state index contributed by atoms with van der Waals surface area (Å²) in [7, 11) is -3.90. The van der Waals surface area contributed by atoms with Crippen LogP contribution in [-0.2, 0) is 10.0 Å². The fraction of sp³-hybridized carbons (Fsp3) is 0.238. The Morgan fingerprint density at radius 3 is 2.55 bits per heavy atom. The maximum atomic E-state index is 13.2. The van der Waals surface area contributed by atoms with E-state index in [1.807, 2.05) is 6.92 Å². The molecule has 1 saturated heterocycles. The van der Waals surface area contributed by atoms with E-state index < -0.39 is 15.6 Å². The second-order valence-corrected chi connectivity index (χ2v) is 11.3. The Labute approximate surface area is 194 Å². The van der Waals surface area contributed by atoms with Crippen molar-refractivity contribution in [3.8, 4) is 16.2 Å². The first-order valence-electron chi connectivity index (χ1n) is 9.43. The van der Waals surface area contributed by atoms with Gasteiger partial charge in [0.05, 0.1) is 20.6 Å². The molecule has 0 unspecified atom stereocenters. The van der Waals surface area contributed by atoms with E-state index in [2.05, 4.69) is 10.0 Å². The summed E-state index contributed by atoms with van der Waals surface area (Å²) < 4.78 is 47.8. The van der Waals surface area contributed by atoms with E-state index in [1.54, 1.807) is 30.3 Å². The lowest BCUT2D eigenvalue weighted by Crippen LogP contribution is -2.34. The minimum Gasteiger partial charge on any atom is -0.485 e. The number of thiophene rings is 1. The molecular weight excluding hydrogens is 482 g/mol. The Kier molecular flexibility index (Phi) is 6.20. The smallest absolute Gasteiger partial charge is 0.271 e. The molecule has 2 heterocycles. The molecule has 0 aliphatic carbocycles. The summed E-state index contributed by atoms with van der Waals surface area (Å²) in [6.45, 7) is 3.50. The fourth-order valence-electron chi connectivity index (χ4n) is 3.28. The van der Waals surface area contributed by atoms with Crippen LogP contribution in [0.15, 0.2) is 52.7 Å². The van der Waals surface area contributed by atoms with Crippen molar-refractivity contribution in [2.45, 2.75) is 23.2 Å². The summed E-state index contributed by atoms with van der Waals surface area (Å²) in [5.74, 6) is 0.0261. The molecule has 2 N–H and O–H groups in total. The molecule has 10 heteroatoms. The van der Waals surface area contributed by atoms with E-state index in [4.69, 9.17) is 27.9 Å². The molecule has 1 aromatic heterocycles. The molecule has 3 aromatic rings. The molecule has 4 rings (SSSR count). The van der Waals surface area contributed by atoms with Crippen LogP contribution in [0.4, 0.5) is 10.1 Å². The topological polar surface area (TPSA) is 67.4 Å². The highest BCUT2D eigenvalue weighted by molar-refractivity contribution is 7.94. The van der Waals surface area contributed by atoms with Gasteiger partial charge in [0.1, 0.15) is 21.4 Å². The average Bonchev–Trinajstić information content (AvgIpc) is 3.31. The van der Waals surface area contributed by atoms with Crippen molar-refractivity contribution in [2.75, 3.05) is 17.8 Å². The summed E-state index contributed by atoms with van der Waals surface area (Å²) in [4.78, 5) is 0.545. The molecule has 1 aliphatic heterocycles. The van der Waals surface area contributed by atoms with Crippen molar-refractivity contribution >= 4 is 50.2 Å². The van der Waals surface area contributed by atoms with Gasteiger partial charge in [-0.25, -0.2) is 12.8 Å². The standard InChI is InChI=1S/C21H19Cl2FN2O3S2/c1-21(8-9-25-12-21)29-18-10-15(6-7-16(18)22)26-31(27,28)19-11-17(23)20(30-19)13-2-4-14(24)5-3-13/h2-7,10-11,25-26H,8-9,12H2,1H3/t21-/m1/s1. The van der Waals surface area contributed by atoms with E-state index >= 15 is 0 Å². The summed E-state index contributed by atoms with van der Waals surface area (Å²) in [5, 5.41) is 3.91. The van der Waals surface area contributed by atoms with Gasteiger partial charge in [-0.3, -0.25) is 4.72 Å². The molecule has 0 amide bonds. The van der Waals surface area contributed by atoms with Crippen molar-refractivity contribution in [1.82, 2.24) is 5.32 Å². The number of benzene rings is 2. The minimum absolute atomic E-state index is 0.0428. The number of rotatable bonds is 6. The Balaban J connectivity index is 1.58. The zero-order valence-corrected chi connectivity index (χ0v) is 19.6. The number of sulfonamides is 1. The number of nitrogens with one attached hydrogen (secondary N) is 2. The van der Waals surface area contributed by atoms with Crippen LogP contribution in [0.25, 0.3) is 10.4 Å². The van der Waals surface area contributed by atoms with Crippen molar-refractivity contribution < 1.29 is 17.5 Å². The zero-order chi connectivity index (χ0) is 22.2. The molecule has 1 fully saturated rings. The second kappa shape index (κ2) is 8.60. The second-order valence-electron chi connectivity index (χ2n) is 7.48. The number of anilines is 1. The number of hydrogen-bond acceptors (Lipinski definition) is 5. The minimum atomic E-state index is -3.90. The van der Waals surface area contributed by atoms with Crippen LogP contribution in [0.1, 0.15) is 13.3 Å². The third-order valence-electron chi connectivity index (χ3n) is 4.90. The predicted molar refractivity (Wildman–Crippen MR) is 124 cm³/mol. The van der Waals surface area contributed by atoms with Crippen LogP contribution in [0, 0.1) is 5.82 Å². The first-order valence-corrected chi connectivity index (χ1v) is 12.5. The van der Waals surface area contributed by atoms with Gasteiger partial charge in [-0.1, -0.05) is 35.3 Å². The van der Waals surface area contributed by atoms with Crippen LogP contribution in [-0.4, -0.2) is 27.1 Å². The van der Waals surface area contributed by atoms with Crippen molar-refractivity contribution in [2.24, 2.45) is 0 Å². The Morgan fingerprint density at radius 2 is 1.87 bits per heavy atom. The lowest BCUT2D eigenvalue weighted by atomic mass is 10.1. The number of ether oxygens (including phenoxy) is 1. The normalized spacial score (nSPS) is 18.8. The average molecular weight is 501 g/mol. The summed E-state index contributed by atoms with van der Waals surface area (Å²) >= 11 is 13.5. The van der Waals surface area contributed by atoms with Gasteiger partial charge >= 0.3 is 0 Å². The van der Waals surface area contributed by atoms with Gasteiger partial charge in [0.2, 0.25) is 0 Å². The van der Waals surface area contributed by atoms with Crippen LogP contribution in [0.2, 0.25) is 10.0 Å². The molecule has 0 spiro atoms. The largest absolute Gasteiger partial charge is 0.485 e. The highest BCUT2D eigenvalue weighted by Gasteiger charge is 2.31. The first kappa shape index (κ1) is 22.4. The van der Waals surface area contributed by atoms with E-state index in [-0.39, 0.29) is 15.0 Å². The third-order valence-corrected chi connectivity index (χ3v) is 8.67. The van der Waals surface area contributed by atoms with Gasteiger partial charge in [-0.15, -0.1) is 11.3 Å². The Morgan fingerprint density at radius 1 is 1.13 bits per heavy atom. The Hall–Kier alpha value is -1.84. The third kappa shape index (κ3) is 4.99. The van der Waals surface area contributed by atoms with Crippen molar-refractivity contribution in [3.63, 3.8) is 0 Å². The maximum absolute atomic E-state index is 13.2.